The Labute approximate surface area is 95.8 Å². The lowest BCUT2D eigenvalue weighted by atomic mass is 9.89. The summed E-state index contributed by atoms with van der Waals surface area (Å²) in [5.74, 6) is 0.813. The second-order valence-corrected chi connectivity index (χ2v) is 4.36. The van der Waals surface area contributed by atoms with E-state index in [9.17, 15) is 4.39 Å². The molecule has 1 aromatic rings. The molecule has 88 valence electrons. The molecule has 16 heavy (non-hydrogen) atoms. The molecule has 0 saturated carbocycles. The number of ether oxygens (including phenoxy) is 1. The van der Waals surface area contributed by atoms with Gasteiger partial charge in [-0.3, -0.25) is 0 Å². The summed E-state index contributed by atoms with van der Waals surface area (Å²) in [5.41, 5.74) is 1.44. The number of benzene rings is 1. The van der Waals surface area contributed by atoms with E-state index in [4.69, 9.17) is 4.74 Å². The highest BCUT2D eigenvalue weighted by molar-refractivity contribution is 5.41. The Morgan fingerprint density at radius 2 is 2.25 bits per heavy atom. The van der Waals surface area contributed by atoms with Gasteiger partial charge in [0, 0.05) is 18.0 Å². The van der Waals surface area contributed by atoms with Crippen LogP contribution in [0.5, 0.6) is 5.75 Å². The third-order valence-electron chi connectivity index (χ3n) is 3.26. The van der Waals surface area contributed by atoms with Crippen molar-refractivity contribution in [3.8, 4) is 5.75 Å². The van der Waals surface area contributed by atoms with Crippen LogP contribution in [0.25, 0.3) is 0 Å². The Bertz CT molecular complexity index is 372. The fourth-order valence-corrected chi connectivity index (χ4v) is 2.34. The Balaban J connectivity index is 2.39. The van der Waals surface area contributed by atoms with E-state index in [-0.39, 0.29) is 11.7 Å². The maximum atomic E-state index is 14.1. The number of rotatable bonds is 2. The second kappa shape index (κ2) is 4.83. The zero-order chi connectivity index (χ0) is 11.5. The molecule has 3 heteroatoms. The van der Waals surface area contributed by atoms with Gasteiger partial charge in [0.1, 0.15) is 11.6 Å². The molecule has 1 N–H and O–H groups in total. The molecule has 1 fully saturated rings. The smallest absolute Gasteiger partial charge is 0.133 e. The summed E-state index contributed by atoms with van der Waals surface area (Å²) in [6, 6.07) is 3.64. The van der Waals surface area contributed by atoms with Gasteiger partial charge in [0.2, 0.25) is 0 Å². The Hall–Kier alpha value is -1.09. The highest BCUT2D eigenvalue weighted by Crippen LogP contribution is 2.34. The molecule has 2 rings (SSSR count). The molecule has 0 spiro atoms. The molecule has 1 aliphatic rings. The Morgan fingerprint density at radius 1 is 1.44 bits per heavy atom. The van der Waals surface area contributed by atoms with Crippen molar-refractivity contribution in [2.75, 3.05) is 20.2 Å². The van der Waals surface area contributed by atoms with Crippen LogP contribution in [0.4, 0.5) is 4.39 Å². The molecule has 0 amide bonds. The highest BCUT2D eigenvalue weighted by Gasteiger charge is 2.23. The van der Waals surface area contributed by atoms with Crippen molar-refractivity contribution in [2.24, 2.45) is 0 Å². The minimum Gasteiger partial charge on any atom is -0.496 e. The lowest BCUT2D eigenvalue weighted by Gasteiger charge is -2.25. The van der Waals surface area contributed by atoms with E-state index in [1.807, 2.05) is 6.07 Å². The van der Waals surface area contributed by atoms with Crippen LogP contribution in [0.3, 0.4) is 0 Å². The van der Waals surface area contributed by atoms with E-state index in [2.05, 4.69) is 5.32 Å². The van der Waals surface area contributed by atoms with Gasteiger partial charge in [0.15, 0.2) is 0 Å². The molecule has 2 nitrogen and oxygen atoms in total. The van der Waals surface area contributed by atoms with Crippen molar-refractivity contribution in [1.29, 1.82) is 0 Å². The molecule has 1 aromatic carbocycles. The molecule has 1 atom stereocenters. The van der Waals surface area contributed by atoms with Crippen LogP contribution in [0, 0.1) is 12.7 Å². The van der Waals surface area contributed by atoms with Gasteiger partial charge < -0.3 is 10.1 Å². The second-order valence-electron chi connectivity index (χ2n) is 4.36. The van der Waals surface area contributed by atoms with E-state index >= 15 is 0 Å². The predicted molar refractivity (Wildman–Crippen MR) is 62.5 cm³/mol. The van der Waals surface area contributed by atoms with E-state index in [1.165, 1.54) is 0 Å². The van der Waals surface area contributed by atoms with Gasteiger partial charge in [-0.25, -0.2) is 4.39 Å². The first-order valence-corrected chi connectivity index (χ1v) is 5.77. The van der Waals surface area contributed by atoms with Crippen LogP contribution in [0.2, 0.25) is 0 Å². The van der Waals surface area contributed by atoms with Gasteiger partial charge in [0.25, 0.3) is 0 Å². The van der Waals surface area contributed by atoms with Gasteiger partial charge in [-0.2, -0.15) is 0 Å². The van der Waals surface area contributed by atoms with Crippen LogP contribution in [0.15, 0.2) is 12.1 Å². The number of methoxy groups -OCH3 is 1. The molecular formula is C13H18FNO. The monoisotopic (exact) mass is 223 g/mol. The Morgan fingerprint density at radius 3 is 2.88 bits per heavy atom. The maximum Gasteiger partial charge on any atom is 0.133 e. The summed E-state index contributed by atoms with van der Waals surface area (Å²) in [7, 11) is 1.60. The average molecular weight is 223 g/mol. The molecule has 1 heterocycles. The standard InChI is InChI=1S/C13H18FNO/c1-9-5-6-11(16-2)12(13(9)14)10-4-3-7-15-8-10/h5-6,10,15H,3-4,7-8H2,1-2H3. The average Bonchev–Trinajstić information content (AvgIpc) is 2.33. The number of hydrogen-bond donors (Lipinski definition) is 1. The molecule has 1 saturated heterocycles. The SMILES string of the molecule is COc1ccc(C)c(F)c1C1CCCNC1. The first kappa shape index (κ1) is 11.4. The van der Waals surface area contributed by atoms with Crippen molar-refractivity contribution in [3.63, 3.8) is 0 Å². The normalized spacial score (nSPS) is 20.8. The summed E-state index contributed by atoms with van der Waals surface area (Å²) >= 11 is 0. The zero-order valence-electron chi connectivity index (χ0n) is 9.85. The van der Waals surface area contributed by atoms with Gasteiger partial charge in [0.05, 0.1) is 7.11 Å². The van der Waals surface area contributed by atoms with Crippen LogP contribution < -0.4 is 10.1 Å². The Kier molecular flexibility index (Phi) is 3.44. The summed E-state index contributed by atoms with van der Waals surface area (Å²) in [4.78, 5) is 0. The highest BCUT2D eigenvalue weighted by atomic mass is 19.1. The lowest BCUT2D eigenvalue weighted by Crippen LogP contribution is -2.29. The third kappa shape index (κ3) is 2.05. The van der Waals surface area contributed by atoms with Crippen LogP contribution in [0.1, 0.15) is 29.9 Å². The fraction of sp³-hybridized carbons (Fsp3) is 0.538. The molecule has 0 aliphatic carbocycles. The first-order chi connectivity index (χ1) is 7.74. The number of hydrogen-bond acceptors (Lipinski definition) is 2. The minimum absolute atomic E-state index is 0.104. The van der Waals surface area contributed by atoms with Crippen LogP contribution >= 0.6 is 0 Å². The van der Waals surface area contributed by atoms with Crippen molar-refractivity contribution >= 4 is 0 Å². The fourth-order valence-electron chi connectivity index (χ4n) is 2.34. The third-order valence-corrected chi connectivity index (χ3v) is 3.26. The van der Waals surface area contributed by atoms with Gasteiger partial charge in [-0.15, -0.1) is 0 Å². The molecule has 0 bridgehead atoms. The molecular weight excluding hydrogens is 205 g/mol. The van der Waals surface area contributed by atoms with Crippen molar-refractivity contribution in [2.45, 2.75) is 25.7 Å². The molecule has 0 aromatic heterocycles. The quantitative estimate of drug-likeness (QED) is 0.832. The molecule has 1 unspecified atom stereocenters. The molecule has 0 radical (unpaired) electrons. The number of nitrogens with one attached hydrogen (secondary N) is 1. The van der Waals surface area contributed by atoms with Crippen molar-refractivity contribution in [3.05, 3.63) is 29.1 Å². The molecule has 1 aliphatic heterocycles. The number of aryl methyl sites for hydroxylation is 1. The first-order valence-electron chi connectivity index (χ1n) is 5.77. The maximum absolute atomic E-state index is 14.1. The zero-order valence-corrected chi connectivity index (χ0v) is 9.85. The largest absolute Gasteiger partial charge is 0.496 e. The summed E-state index contributed by atoms with van der Waals surface area (Å²) in [5, 5.41) is 3.31. The minimum atomic E-state index is -0.104. The van der Waals surface area contributed by atoms with E-state index in [0.29, 0.717) is 11.3 Å². The summed E-state index contributed by atoms with van der Waals surface area (Å²) in [6.07, 6.45) is 2.13. The van der Waals surface area contributed by atoms with E-state index in [1.54, 1.807) is 20.1 Å². The van der Waals surface area contributed by atoms with E-state index in [0.717, 1.165) is 31.5 Å². The van der Waals surface area contributed by atoms with Crippen LogP contribution in [-0.4, -0.2) is 20.2 Å². The van der Waals surface area contributed by atoms with Gasteiger partial charge >= 0.3 is 0 Å². The van der Waals surface area contributed by atoms with E-state index < -0.39 is 0 Å². The summed E-state index contributed by atoms with van der Waals surface area (Å²) < 4.78 is 19.4. The lowest BCUT2D eigenvalue weighted by molar-refractivity contribution is 0.382. The van der Waals surface area contributed by atoms with Crippen molar-refractivity contribution in [1.82, 2.24) is 5.32 Å². The van der Waals surface area contributed by atoms with Gasteiger partial charge in [-0.1, -0.05) is 6.07 Å². The topological polar surface area (TPSA) is 21.3 Å². The van der Waals surface area contributed by atoms with Gasteiger partial charge in [-0.05, 0) is 37.9 Å². The van der Waals surface area contributed by atoms with Crippen molar-refractivity contribution < 1.29 is 9.13 Å². The summed E-state index contributed by atoms with van der Waals surface area (Å²) in [6.45, 7) is 3.68. The predicted octanol–water partition coefficient (Wildman–Crippen LogP) is 2.61. The number of halogens is 1. The number of piperidine rings is 1. The van der Waals surface area contributed by atoms with Crippen LogP contribution in [-0.2, 0) is 0 Å².